The van der Waals surface area contributed by atoms with Crippen molar-refractivity contribution in [2.75, 3.05) is 0 Å². The van der Waals surface area contributed by atoms with Gasteiger partial charge in [0, 0.05) is 41.5 Å². The van der Waals surface area contributed by atoms with E-state index in [4.69, 9.17) is 0 Å². The van der Waals surface area contributed by atoms with Gasteiger partial charge in [0.2, 0.25) is 0 Å². The minimum Gasteiger partial charge on any atom is -0.331 e. The SMILES string of the molecule is CC1Cc2[nH]nc(-c3cscn3)c2CN1C(=O)c1cn2ccccc2c1Br. The second kappa shape index (κ2) is 6.31. The zero-order valence-electron chi connectivity index (χ0n) is 14.5. The summed E-state index contributed by atoms with van der Waals surface area (Å²) in [4.78, 5) is 19.7. The molecule has 0 radical (unpaired) electrons. The van der Waals surface area contributed by atoms with Gasteiger partial charge in [-0.05, 0) is 35.0 Å². The fourth-order valence-corrected chi connectivity index (χ4v) is 4.82. The van der Waals surface area contributed by atoms with Gasteiger partial charge in [-0.15, -0.1) is 11.3 Å². The topological polar surface area (TPSA) is 66.3 Å². The number of nitrogens with one attached hydrogen (secondary N) is 1. The molecule has 1 amide bonds. The van der Waals surface area contributed by atoms with Crippen LogP contribution in [0.15, 0.2) is 46.0 Å². The largest absolute Gasteiger partial charge is 0.331 e. The number of fused-ring (bicyclic) bond motifs is 2. The van der Waals surface area contributed by atoms with Crippen LogP contribution in [0.5, 0.6) is 0 Å². The first kappa shape index (κ1) is 16.7. The number of aromatic nitrogens is 4. The lowest BCUT2D eigenvalue weighted by Gasteiger charge is -2.33. The van der Waals surface area contributed by atoms with Crippen LogP contribution in [0.1, 0.15) is 28.5 Å². The molecule has 1 aliphatic heterocycles. The standard InChI is InChI=1S/C19H16BrN5OS/c1-11-6-14-12(18(23-22-14)15-9-27-10-21-15)8-25(11)19(26)13-7-24-5-3-2-4-16(24)17(13)20/h2-5,7,9-11H,6,8H2,1H3,(H,22,23). The molecule has 0 aliphatic carbocycles. The quantitative estimate of drug-likeness (QED) is 0.508. The van der Waals surface area contributed by atoms with Crippen molar-refractivity contribution in [1.29, 1.82) is 0 Å². The summed E-state index contributed by atoms with van der Waals surface area (Å²) in [6, 6.07) is 6.00. The van der Waals surface area contributed by atoms with Crippen LogP contribution < -0.4 is 0 Å². The minimum absolute atomic E-state index is 0.0224. The molecule has 1 atom stereocenters. The van der Waals surface area contributed by atoms with Crippen molar-refractivity contribution in [1.82, 2.24) is 24.5 Å². The maximum Gasteiger partial charge on any atom is 0.257 e. The van der Waals surface area contributed by atoms with Crippen molar-refractivity contribution in [3.8, 4) is 11.4 Å². The van der Waals surface area contributed by atoms with Crippen molar-refractivity contribution in [2.45, 2.75) is 25.9 Å². The number of H-pyrrole nitrogens is 1. The number of hydrogen-bond acceptors (Lipinski definition) is 4. The average molecular weight is 442 g/mol. The van der Waals surface area contributed by atoms with E-state index in [9.17, 15) is 4.79 Å². The Morgan fingerprint density at radius 3 is 3.07 bits per heavy atom. The van der Waals surface area contributed by atoms with Crippen molar-refractivity contribution in [2.24, 2.45) is 0 Å². The molecule has 27 heavy (non-hydrogen) atoms. The van der Waals surface area contributed by atoms with Gasteiger partial charge in [-0.3, -0.25) is 9.89 Å². The first-order valence-corrected chi connectivity index (χ1v) is 10.4. The van der Waals surface area contributed by atoms with Crippen LogP contribution >= 0.6 is 27.3 Å². The molecule has 4 aromatic heterocycles. The van der Waals surface area contributed by atoms with Crippen LogP contribution in [0.4, 0.5) is 0 Å². The summed E-state index contributed by atoms with van der Waals surface area (Å²) >= 11 is 5.16. The van der Waals surface area contributed by atoms with E-state index in [1.54, 1.807) is 16.8 Å². The van der Waals surface area contributed by atoms with Crippen molar-refractivity contribution < 1.29 is 4.79 Å². The van der Waals surface area contributed by atoms with Crippen LogP contribution in [-0.2, 0) is 13.0 Å². The van der Waals surface area contributed by atoms with Crippen LogP contribution in [-0.4, -0.2) is 36.4 Å². The molecule has 0 aromatic carbocycles. The normalized spacial score (nSPS) is 16.7. The van der Waals surface area contributed by atoms with E-state index < -0.39 is 0 Å². The fourth-order valence-electron chi connectivity index (χ4n) is 3.68. The summed E-state index contributed by atoms with van der Waals surface area (Å²) < 4.78 is 2.80. The molecule has 0 saturated carbocycles. The monoisotopic (exact) mass is 441 g/mol. The number of rotatable bonds is 2. The number of carbonyl (C=O) groups excluding carboxylic acids is 1. The number of halogens is 1. The van der Waals surface area contributed by atoms with Crippen LogP contribution in [0.2, 0.25) is 0 Å². The van der Waals surface area contributed by atoms with Gasteiger partial charge < -0.3 is 9.30 Å². The van der Waals surface area contributed by atoms with Gasteiger partial charge in [-0.1, -0.05) is 6.07 Å². The summed E-state index contributed by atoms with van der Waals surface area (Å²) in [5, 5.41) is 9.59. The lowest BCUT2D eigenvalue weighted by Crippen LogP contribution is -2.42. The van der Waals surface area contributed by atoms with E-state index in [-0.39, 0.29) is 11.9 Å². The smallest absolute Gasteiger partial charge is 0.257 e. The predicted octanol–water partition coefficient (Wildman–Crippen LogP) is 4.14. The maximum atomic E-state index is 13.4. The lowest BCUT2D eigenvalue weighted by molar-refractivity contribution is 0.0657. The Bertz CT molecular complexity index is 1150. The molecular weight excluding hydrogens is 426 g/mol. The zero-order chi connectivity index (χ0) is 18.5. The maximum absolute atomic E-state index is 13.4. The summed E-state index contributed by atoms with van der Waals surface area (Å²) in [5.41, 5.74) is 7.32. The molecule has 6 nitrogen and oxygen atoms in total. The summed E-state index contributed by atoms with van der Waals surface area (Å²) in [7, 11) is 0. The molecule has 5 rings (SSSR count). The van der Waals surface area contributed by atoms with E-state index in [1.165, 1.54) is 0 Å². The van der Waals surface area contributed by atoms with E-state index in [0.29, 0.717) is 12.1 Å². The molecule has 4 aromatic rings. The Kier molecular flexibility index (Phi) is 3.91. The molecule has 1 N–H and O–H groups in total. The molecular formula is C19H16BrN5OS. The van der Waals surface area contributed by atoms with Crippen molar-refractivity contribution in [3.05, 3.63) is 62.8 Å². The fraction of sp³-hybridized carbons (Fsp3) is 0.211. The average Bonchev–Trinajstić information content (AvgIpc) is 3.39. The Morgan fingerprint density at radius 2 is 2.30 bits per heavy atom. The number of aromatic amines is 1. The Morgan fingerprint density at radius 1 is 1.41 bits per heavy atom. The van der Waals surface area contributed by atoms with E-state index in [0.717, 1.165) is 39.1 Å². The Hall–Kier alpha value is -2.45. The highest BCUT2D eigenvalue weighted by Gasteiger charge is 2.32. The van der Waals surface area contributed by atoms with Gasteiger partial charge in [0.25, 0.3) is 5.91 Å². The molecule has 0 fully saturated rings. The third-order valence-corrected chi connectivity index (χ3v) is 6.52. The molecule has 0 spiro atoms. The molecule has 0 bridgehead atoms. The van der Waals surface area contributed by atoms with Crippen LogP contribution in [0.3, 0.4) is 0 Å². The number of nitrogens with zero attached hydrogens (tertiary/aromatic N) is 4. The summed E-state index contributed by atoms with van der Waals surface area (Å²) in [6.45, 7) is 2.60. The second-order valence-electron chi connectivity index (χ2n) is 6.74. The highest BCUT2D eigenvalue weighted by atomic mass is 79.9. The first-order chi connectivity index (χ1) is 13.1. The van der Waals surface area contributed by atoms with E-state index in [2.05, 4.69) is 38.0 Å². The van der Waals surface area contributed by atoms with Crippen molar-refractivity contribution >= 4 is 38.7 Å². The van der Waals surface area contributed by atoms with Gasteiger partial charge in [-0.2, -0.15) is 5.10 Å². The van der Waals surface area contributed by atoms with Gasteiger partial charge in [0.1, 0.15) is 11.4 Å². The van der Waals surface area contributed by atoms with Gasteiger partial charge in [-0.25, -0.2) is 4.98 Å². The number of carbonyl (C=O) groups is 1. The Labute approximate surface area is 168 Å². The molecule has 8 heteroatoms. The lowest BCUT2D eigenvalue weighted by atomic mass is 9.98. The zero-order valence-corrected chi connectivity index (χ0v) is 16.9. The predicted molar refractivity (Wildman–Crippen MR) is 108 cm³/mol. The third-order valence-electron chi connectivity index (χ3n) is 5.10. The number of pyridine rings is 1. The highest BCUT2D eigenvalue weighted by molar-refractivity contribution is 9.10. The molecule has 1 aliphatic rings. The van der Waals surface area contributed by atoms with E-state index >= 15 is 0 Å². The molecule has 5 heterocycles. The Balaban J connectivity index is 1.53. The van der Waals surface area contributed by atoms with Gasteiger partial charge in [0.05, 0.1) is 27.6 Å². The van der Waals surface area contributed by atoms with Crippen LogP contribution in [0.25, 0.3) is 16.9 Å². The minimum atomic E-state index is 0.0224. The first-order valence-electron chi connectivity index (χ1n) is 8.64. The second-order valence-corrected chi connectivity index (χ2v) is 8.25. The number of hydrogen-bond donors (Lipinski definition) is 1. The number of amides is 1. The number of thiazole rings is 1. The summed E-state index contributed by atoms with van der Waals surface area (Å²) in [5.74, 6) is 0.0224. The molecule has 0 saturated heterocycles. The van der Waals surface area contributed by atoms with Crippen molar-refractivity contribution in [3.63, 3.8) is 0 Å². The summed E-state index contributed by atoms with van der Waals surface area (Å²) in [6.07, 6.45) is 4.59. The van der Waals surface area contributed by atoms with Crippen LogP contribution in [0, 0.1) is 0 Å². The highest BCUT2D eigenvalue weighted by Crippen LogP contribution is 2.33. The van der Waals surface area contributed by atoms with E-state index in [1.807, 2.05) is 45.3 Å². The molecule has 136 valence electrons. The van der Waals surface area contributed by atoms with Gasteiger partial charge in [0.15, 0.2) is 0 Å². The van der Waals surface area contributed by atoms with Gasteiger partial charge >= 0.3 is 0 Å². The molecule has 1 unspecified atom stereocenters. The third kappa shape index (κ3) is 2.62.